The number of aromatic hydroxyl groups is 1. The lowest BCUT2D eigenvalue weighted by Crippen LogP contribution is -2.30. The van der Waals surface area contributed by atoms with Crippen LogP contribution in [0, 0.1) is 0 Å². The zero-order valence-electron chi connectivity index (χ0n) is 17.3. The minimum atomic E-state index is -0.601. The number of phenols is 1. The highest BCUT2D eigenvalue weighted by Crippen LogP contribution is 2.36. The SMILES string of the molecule is O=C1COC(c2cn(-c3ccc(Cl)c(Cl)c3)nc2-c2ccoc2)N1CCc1ccc(O)cc1. The molecule has 0 radical (unpaired) electrons. The highest BCUT2D eigenvalue weighted by atomic mass is 35.5. The van der Waals surface area contributed by atoms with E-state index in [-0.39, 0.29) is 18.3 Å². The second-order valence-corrected chi connectivity index (χ2v) is 8.47. The molecule has 1 fully saturated rings. The highest BCUT2D eigenvalue weighted by Gasteiger charge is 2.36. The Morgan fingerprint density at radius 3 is 2.64 bits per heavy atom. The molecule has 2 aromatic heterocycles. The Hall–Kier alpha value is -3.26. The van der Waals surface area contributed by atoms with E-state index in [1.54, 1.807) is 46.4 Å². The summed E-state index contributed by atoms with van der Waals surface area (Å²) >= 11 is 12.3. The summed E-state index contributed by atoms with van der Waals surface area (Å²) < 4.78 is 12.9. The van der Waals surface area contributed by atoms with Crippen LogP contribution >= 0.6 is 23.2 Å². The number of carbonyl (C=O) groups is 1. The first-order valence-corrected chi connectivity index (χ1v) is 11.0. The highest BCUT2D eigenvalue weighted by molar-refractivity contribution is 6.42. The van der Waals surface area contributed by atoms with Crippen LogP contribution in [0.4, 0.5) is 0 Å². The standard InChI is InChI=1S/C24H19Cl2N3O4/c25-20-6-3-17(11-21(20)26)29-12-19(23(27-29)16-8-10-32-13-16)24-28(22(31)14-33-24)9-7-15-1-4-18(30)5-2-15/h1-6,8,10-13,24,30H,7,9,14H2. The van der Waals surface area contributed by atoms with E-state index in [4.69, 9.17) is 37.5 Å². The lowest BCUT2D eigenvalue weighted by molar-refractivity contribution is -0.128. The first-order chi connectivity index (χ1) is 16.0. The third-order valence-corrected chi connectivity index (χ3v) is 6.26. The smallest absolute Gasteiger partial charge is 0.250 e. The van der Waals surface area contributed by atoms with Crippen LogP contribution in [-0.4, -0.2) is 38.8 Å². The van der Waals surface area contributed by atoms with Crippen molar-refractivity contribution in [1.29, 1.82) is 0 Å². The summed E-state index contributed by atoms with van der Waals surface area (Å²) in [5.41, 5.74) is 3.88. The summed E-state index contributed by atoms with van der Waals surface area (Å²) in [6.07, 6.45) is 5.02. The lowest BCUT2D eigenvalue weighted by Gasteiger charge is -2.23. The van der Waals surface area contributed by atoms with E-state index in [1.165, 1.54) is 0 Å². The Labute approximate surface area is 199 Å². The van der Waals surface area contributed by atoms with Gasteiger partial charge in [-0.2, -0.15) is 5.10 Å². The fraction of sp³-hybridized carbons (Fsp3) is 0.167. The summed E-state index contributed by atoms with van der Waals surface area (Å²) in [6, 6.07) is 14.0. The molecule has 3 heterocycles. The van der Waals surface area contributed by atoms with Crippen LogP contribution in [0.1, 0.15) is 17.4 Å². The van der Waals surface area contributed by atoms with Crippen LogP contribution in [0.25, 0.3) is 16.9 Å². The molecule has 2 aromatic carbocycles. The van der Waals surface area contributed by atoms with E-state index in [0.29, 0.717) is 28.7 Å². The van der Waals surface area contributed by atoms with Gasteiger partial charge < -0.3 is 19.2 Å². The summed E-state index contributed by atoms with van der Waals surface area (Å²) in [5, 5.41) is 15.1. The van der Waals surface area contributed by atoms with Gasteiger partial charge in [-0.25, -0.2) is 4.68 Å². The van der Waals surface area contributed by atoms with Crippen molar-refractivity contribution in [3.8, 4) is 22.7 Å². The van der Waals surface area contributed by atoms with Gasteiger partial charge in [0.1, 0.15) is 18.1 Å². The van der Waals surface area contributed by atoms with E-state index in [1.807, 2.05) is 30.5 Å². The zero-order chi connectivity index (χ0) is 22.9. The number of furan rings is 1. The predicted molar refractivity (Wildman–Crippen MR) is 124 cm³/mol. The second-order valence-electron chi connectivity index (χ2n) is 7.65. The number of amides is 1. The van der Waals surface area contributed by atoms with Crippen LogP contribution in [0.3, 0.4) is 0 Å². The molecule has 9 heteroatoms. The molecule has 0 spiro atoms. The molecule has 1 amide bonds. The van der Waals surface area contributed by atoms with Crippen LogP contribution in [-0.2, 0) is 16.0 Å². The normalized spacial score (nSPS) is 16.0. The number of benzene rings is 2. The molecular weight excluding hydrogens is 465 g/mol. The van der Waals surface area contributed by atoms with Crippen molar-refractivity contribution >= 4 is 29.1 Å². The number of rotatable bonds is 6. The Balaban J connectivity index is 1.49. The molecule has 0 aliphatic carbocycles. The summed E-state index contributed by atoms with van der Waals surface area (Å²) in [7, 11) is 0. The molecule has 5 rings (SSSR count). The van der Waals surface area contributed by atoms with Gasteiger partial charge in [-0.3, -0.25) is 4.79 Å². The maximum Gasteiger partial charge on any atom is 0.250 e. The average Bonchev–Trinajstić information content (AvgIpc) is 3.55. The van der Waals surface area contributed by atoms with Crippen molar-refractivity contribution in [3.63, 3.8) is 0 Å². The van der Waals surface area contributed by atoms with Crippen LogP contribution < -0.4 is 0 Å². The first-order valence-electron chi connectivity index (χ1n) is 10.3. The minimum absolute atomic E-state index is 0.0109. The number of halogens is 2. The largest absolute Gasteiger partial charge is 0.508 e. The van der Waals surface area contributed by atoms with Crippen molar-refractivity contribution in [2.45, 2.75) is 12.6 Å². The molecule has 1 saturated heterocycles. The maximum absolute atomic E-state index is 12.7. The number of hydrogen-bond donors (Lipinski definition) is 1. The third-order valence-electron chi connectivity index (χ3n) is 5.52. The average molecular weight is 484 g/mol. The van der Waals surface area contributed by atoms with Gasteiger partial charge in [0.25, 0.3) is 5.91 Å². The summed E-state index contributed by atoms with van der Waals surface area (Å²) in [6.45, 7) is 0.445. The zero-order valence-corrected chi connectivity index (χ0v) is 18.8. The lowest BCUT2D eigenvalue weighted by atomic mass is 10.1. The monoisotopic (exact) mass is 483 g/mol. The van der Waals surface area contributed by atoms with Gasteiger partial charge in [-0.1, -0.05) is 35.3 Å². The third kappa shape index (κ3) is 4.35. The van der Waals surface area contributed by atoms with E-state index in [2.05, 4.69) is 0 Å². The van der Waals surface area contributed by atoms with Crippen molar-refractivity contribution in [2.75, 3.05) is 13.2 Å². The maximum atomic E-state index is 12.7. The number of phenolic OH excluding ortho intramolecular Hbond substituents is 1. The van der Waals surface area contributed by atoms with Crippen molar-refractivity contribution < 1.29 is 19.1 Å². The molecule has 7 nitrogen and oxygen atoms in total. The predicted octanol–water partition coefficient (Wildman–Crippen LogP) is 5.24. The Morgan fingerprint density at radius 1 is 1.09 bits per heavy atom. The molecule has 33 heavy (non-hydrogen) atoms. The molecular formula is C24H19Cl2N3O4. The van der Waals surface area contributed by atoms with Crippen LogP contribution in [0.2, 0.25) is 10.0 Å². The fourth-order valence-electron chi connectivity index (χ4n) is 3.82. The van der Waals surface area contributed by atoms with Crippen molar-refractivity contribution in [2.24, 2.45) is 0 Å². The fourth-order valence-corrected chi connectivity index (χ4v) is 4.11. The second kappa shape index (κ2) is 8.94. The Morgan fingerprint density at radius 2 is 1.91 bits per heavy atom. The van der Waals surface area contributed by atoms with Gasteiger partial charge in [-0.05, 0) is 48.4 Å². The molecule has 0 saturated carbocycles. The van der Waals surface area contributed by atoms with Crippen LogP contribution in [0.5, 0.6) is 5.75 Å². The number of aromatic nitrogens is 2. The van der Waals surface area contributed by atoms with Gasteiger partial charge >= 0.3 is 0 Å². The van der Waals surface area contributed by atoms with Gasteiger partial charge in [0.15, 0.2) is 6.23 Å². The number of carbonyl (C=O) groups excluding carboxylic acids is 1. The first kappa shape index (κ1) is 21.6. The van der Waals surface area contributed by atoms with Crippen molar-refractivity contribution in [3.05, 3.63) is 88.4 Å². The molecule has 4 aromatic rings. The van der Waals surface area contributed by atoms with E-state index in [0.717, 1.165) is 22.4 Å². The topological polar surface area (TPSA) is 80.7 Å². The molecule has 1 aliphatic heterocycles. The minimum Gasteiger partial charge on any atom is -0.508 e. The Bertz CT molecular complexity index is 1290. The number of ether oxygens (including phenoxy) is 1. The summed E-state index contributed by atoms with van der Waals surface area (Å²) in [5.74, 6) is 0.107. The van der Waals surface area contributed by atoms with Gasteiger partial charge in [0, 0.05) is 23.9 Å². The molecule has 1 unspecified atom stereocenters. The molecule has 1 N–H and O–H groups in total. The van der Waals surface area contributed by atoms with Crippen molar-refractivity contribution in [1.82, 2.24) is 14.7 Å². The van der Waals surface area contributed by atoms with Gasteiger partial charge in [0.2, 0.25) is 0 Å². The quantitative estimate of drug-likeness (QED) is 0.405. The van der Waals surface area contributed by atoms with E-state index >= 15 is 0 Å². The number of nitrogens with zero attached hydrogens (tertiary/aromatic N) is 3. The van der Waals surface area contributed by atoms with E-state index < -0.39 is 6.23 Å². The molecule has 1 atom stereocenters. The van der Waals surface area contributed by atoms with Gasteiger partial charge in [-0.15, -0.1) is 0 Å². The molecule has 168 valence electrons. The van der Waals surface area contributed by atoms with Crippen LogP contribution in [0.15, 0.2) is 71.7 Å². The van der Waals surface area contributed by atoms with E-state index in [9.17, 15) is 9.90 Å². The number of hydrogen-bond acceptors (Lipinski definition) is 5. The summed E-state index contributed by atoms with van der Waals surface area (Å²) in [4.78, 5) is 14.4. The molecule has 1 aliphatic rings. The Kier molecular flexibility index (Phi) is 5.85. The van der Waals surface area contributed by atoms with Gasteiger partial charge in [0.05, 0.1) is 28.3 Å². The molecule has 0 bridgehead atoms.